The molecule has 3 rings (SSSR count). The minimum Gasteiger partial charge on any atom is -0.345 e. The van der Waals surface area contributed by atoms with Crippen LogP contribution >= 0.6 is 0 Å². The maximum absolute atomic E-state index is 13.4. The summed E-state index contributed by atoms with van der Waals surface area (Å²) >= 11 is 0. The molecule has 1 aliphatic heterocycles. The first-order chi connectivity index (χ1) is 13.3. The molecule has 0 aliphatic carbocycles. The Morgan fingerprint density at radius 3 is 2.93 bits per heavy atom. The fraction of sp³-hybridized carbons (Fsp3) is 0.421. The van der Waals surface area contributed by atoms with Gasteiger partial charge in [-0.15, -0.1) is 0 Å². The number of H-pyrrole nitrogens is 1. The number of rotatable bonds is 4. The average Bonchev–Trinajstić information content (AvgIpc) is 2.64. The van der Waals surface area contributed by atoms with Gasteiger partial charge in [-0.25, -0.2) is 4.39 Å². The number of nitroso groups, excluding NO2 is 1. The van der Waals surface area contributed by atoms with Crippen molar-refractivity contribution >= 4 is 16.8 Å². The van der Waals surface area contributed by atoms with Crippen LogP contribution in [0.5, 0.6) is 0 Å². The summed E-state index contributed by atoms with van der Waals surface area (Å²) < 4.78 is 14.1. The van der Waals surface area contributed by atoms with Crippen molar-refractivity contribution in [3.8, 4) is 6.07 Å². The van der Waals surface area contributed by atoms with Crippen molar-refractivity contribution in [3.05, 3.63) is 50.4 Å². The molecule has 1 aromatic heterocycles. The molecule has 1 aromatic carbocycles. The van der Waals surface area contributed by atoms with E-state index in [4.69, 9.17) is 5.26 Å². The first-order valence-corrected chi connectivity index (χ1v) is 8.97. The lowest BCUT2D eigenvalue weighted by molar-refractivity contribution is -0.608. The Hall–Kier alpha value is -3.12. The summed E-state index contributed by atoms with van der Waals surface area (Å²) in [6.07, 6.45) is -0.807. The molecule has 8 nitrogen and oxygen atoms in total. The van der Waals surface area contributed by atoms with Crippen LogP contribution in [-0.4, -0.2) is 40.9 Å². The van der Waals surface area contributed by atoms with Crippen LogP contribution in [0.4, 0.5) is 4.39 Å². The number of nitrogens with one attached hydrogen (secondary N) is 3. The van der Waals surface area contributed by atoms with E-state index in [1.807, 2.05) is 6.07 Å². The second kappa shape index (κ2) is 7.86. The van der Waals surface area contributed by atoms with Crippen molar-refractivity contribution in [3.63, 3.8) is 0 Å². The normalized spacial score (nSPS) is 20.6. The largest absolute Gasteiger partial charge is 0.345 e. The van der Waals surface area contributed by atoms with E-state index in [1.165, 1.54) is 12.1 Å². The minimum atomic E-state index is -0.646. The van der Waals surface area contributed by atoms with Gasteiger partial charge in [-0.05, 0) is 37.6 Å². The van der Waals surface area contributed by atoms with Crippen LogP contribution < -0.4 is 16.2 Å². The monoisotopic (exact) mass is 386 g/mol. The third-order valence-corrected chi connectivity index (χ3v) is 5.03. The Morgan fingerprint density at radius 2 is 2.25 bits per heavy atom. The van der Waals surface area contributed by atoms with Gasteiger partial charge in [0.2, 0.25) is 12.5 Å². The van der Waals surface area contributed by atoms with Crippen LogP contribution in [0.25, 0.3) is 10.9 Å². The zero-order valence-electron chi connectivity index (χ0n) is 15.6. The maximum Gasteiger partial charge on any atom is 0.274 e. The Morgan fingerprint density at radius 1 is 1.50 bits per heavy atom. The summed E-state index contributed by atoms with van der Waals surface area (Å²) in [6, 6.07) is 5.63. The number of hydrogen-bond acceptors (Lipinski definition) is 5. The molecule has 0 bridgehead atoms. The minimum absolute atomic E-state index is 0.0778. The zero-order valence-corrected chi connectivity index (χ0v) is 15.6. The highest BCUT2D eigenvalue weighted by atomic mass is 19.1. The molecular formula is C19H21FN5O3+. The average molecular weight is 386 g/mol. The first kappa shape index (κ1) is 19.6. The Kier molecular flexibility index (Phi) is 5.51. The summed E-state index contributed by atoms with van der Waals surface area (Å²) in [5.41, 5.74) is 0.834. The van der Waals surface area contributed by atoms with Crippen LogP contribution in [0.15, 0.2) is 23.0 Å². The van der Waals surface area contributed by atoms with Crippen LogP contribution in [-0.2, 0) is 11.2 Å². The lowest BCUT2D eigenvalue weighted by Gasteiger charge is -2.24. The number of pyridine rings is 1. The van der Waals surface area contributed by atoms with Crippen LogP contribution in [0.1, 0.15) is 18.1 Å². The number of fused-ring (bicyclic) bond motifs is 1. The molecule has 2 aromatic rings. The van der Waals surface area contributed by atoms with Crippen LogP contribution in [0.3, 0.4) is 0 Å². The third-order valence-electron chi connectivity index (χ3n) is 5.03. The molecule has 1 aliphatic rings. The van der Waals surface area contributed by atoms with E-state index in [0.717, 1.165) is 4.76 Å². The number of aromatic amines is 1. The van der Waals surface area contributed by atoms with E-state index >= 15 is 0 Å². The number of halogens is 1. The van der Waals surface area contributed by atoms with E-state index in [1.54, 1.807) is 19.9 Å². The van der Waals surface area contributed by atoms with Crippen LogP contribution in [0, 0.1) is 34.9 Å². The van der Waals surface area contributed by atoms with Crippen molar-refractivity contribution in [2.24, 2.45) is 5.92 Å². The molecule has 146 valence electrons. The fourth-order valence-corrected chi connectivity index (χ4v) is 3.51. The molecule has 2 heterocycles. The van der Waals surface area contributed by atoms with E-state index in [0.29, 0.717) is 28.6 Å². The number of carbonyl (C=O) groups excluding carboxylic acids is 1. The van der Waals surface area contributed by atoms with Gasteiger partial charge in [0.1, 0.15) is 17.8 Å². The Balaban J connectivity index is 1.73. The fourth-order valence-electron chi connectivity index (χ4n) is 3.51. The second-order valence-corrected chi connectivity index (χ2v) is 7.06. The van der Waals surface area contributed by atoms with E-state index < -0.39 is 29.5 Å². The number of aryl methyl sites for hydroxylation is 1. The number of carbonyl (C=O) groups is 1. The van der Waals surface area contributed by atoms with Crippen molar-refractivity contribution < 1.29 is 13.9 Å². The number of amides is 1. The van der Waals surface area contributed by atoms with Gasteiger partial charge in [-0.1, -0.05) is 0 Å². The topological polar surface area (TPSA) is 118 Å². The predicted octanol–water partition coefficient (Wildman–Crippen LogP) is 0.871. The van der Waals surface area contributed by atoms with Crippen molar-refractivity contribution in [1.82, 2.24) is 15.6 Å². The number of nitrogens with zero attached hydrogens (tertiary/aromatic N) is 2. The molecule has 28 heavy (non-hydrogen) atoms. The highest BCUT2D eigenvalue weighted by molar-refractivity contribution is 5.85. The summed E-state index contributed by atoms with van der Waals surface area (Å²) in [6.45, 7) is 3.85. The SMILES string of the molecule is Cc1c(CC(=O)NC(C)C2NCC(C#N)C[N+]2=O)c(=O)[nH]c2cc(F)ccc12. The molecule has 3 atom stereocenters. The lowest BCUT2D eigenvalue weighted by Crippen LogP contribution is -2.59. The van der Waals surface area contributed by atoms with Crippen LogP contribution in [0.2, 0.25) is 0 Å². The smallest absolute Gasteiger partial charge is 0.274 e. The molecule has 1 fully saturated rings. The molecule has 1 amide bonds. The van der Waals surface area contributed by atoms with Crippen molar-refractivity contribution in [2.45, 2.75) is 32.5 Å². The summed E-state index contributed by atoms with van der Waals surface area (Å²) in [5, 5.41) is 15.3. The quantitative estimate of drug-likeness (QED) is 0.674. The highest BCUT2D eigenvalue weighted by Gasteiger charge is 2.39. The summed E-state index contributed by atoms with van der Waals surface area (Å²) in [4.78, 5) is 39.5. The number of aromatic nitrogens is 1. The van der Waals surface area contributed by atoms with Gasteiger partial charge in [0.05, 0.1) is 18.0 Å². The van der Waals surface area contributed by atoms with Crippen molar-refractivity contribution in [1.29, 1.82) is 5.26 Å². The molecule has 3 unspecified atom stereocenters. The lowest BCUT2D eigenvalue weighted by atomic mass is 10.0. The Labute approximate surface area is 160 Å². The molecule has 0 spiro atoms. The van der Waals surface area contributed by atoms with E-state index in [9.17, 15) is 18.9 Å². The van der Waals surface area contributed by atoms with E-state index in [2.05, 4.69) is 15.6 Å². The molecule has 0 saturated carbocycles. The van der Waals surface area contributed by atoms with Gasteiger partial charge >= 0.3 is 0 Å². The zero-order chi connectivity index (χ0) is 20.4. The Bertz CT molecular complexity index is 1040. The predicted molar refractivity (Wildman–Crippen MR) is 100.0 cm³/mol. The number of nitriles is 1. The van der Waals surface area contributed by atoms with E-state index in [-0.39, 0.29) is 18.9 Å². The number of hydrogen-bond donors (Lipinski definition) is 3. The molecule has 9 heteroatoms. The molecular weight excluding hydrogens is 365 g/mol. The molecule has 1 saturated heterocycles. The van der Waals surface area contributed by atoms with Crippen molar-refractivity contribution in [2.75, 3.05) is 13.1 Å². The second-order valence-electron chi connectivity index (χ2n) is 7.06. The van der Waals surface area contributed by atoms with Gasteiger partial charge in [-0.3, -0.25) is 14.9 Å². The maximum atomic E-state index is 13.4. The van der Waals surface area contributed by atoms with Gasteiger partial charge in [0.15, 0.2) is 0 Å². The van der Waals surface area contributed by atoms with Gasteiger partial charge in [0, 0.05) is 27.2 Å². The standard InChI is InChI=1S/C19H20FN5O3/c1-10-14-4-3-13(20)5-16(14)24-19(27)15(10)6-17(26)23-11(2)18-22-8-12(7-21)9-25(18)28/h3-5,11-12,18,22H,6,8-9H2,1-2H3,(H-,23,24,26,27)/p+1. The highest BCUT2D eigenvalue weighted by Crippen LogP contribution is 2.19. The number of benzene rings is 1. The van der Waals surface area contributed by atoms with Gasteiger partial charge in [0.25, 0.3) is 11.7 Å². The molecule has 3 N–H and O–H groups in total. The van der Waals surface area contributed by atoms with Gasteiger partial charge in [-0.2, -0.15) is 5.26 Å². The molecule has 0 radical (unpaired) electrons. The summed E-state index contributed by atoms with van der Waals surface area (Å²) in [5.74, 6) is -1.25. The summed E-state index contributed by atoms with van der Waals surface area (Å²) in [7, 11) is 0. The van der Waals surface area contributed by atoms with Gasteiger partial charge < -0.3 is 10.3 Å². The third kappa shape index (κ3) is 3.92. The first-order valence-electron chi connectivity index (χ1n) is 8.97.